The summed E-state index contributed by atoms with van der Waals surface area (Å²) in [5.41, 5.74) is 2.25. The summed E-state index contributed by atoms with van der Waals surface area (Å²) in [6.07, 6.45) is 6.21. The van der Waals surface area contributed by atoms with Crippen LogP contribution < -0.4 is 5.32 Å². The molecule has 4 rings (SSSR count). The molecule has 4 heteroatoms. The lowest BCUT2D eigenvalue weighted by molar-refractivity contribution is 1.46. The molecule has 0 bridgehead atoms. The molecule has 21 heavy (non-hydrogen) atoms. The van der Waals surface area contributed by atoms with Crippen molar-refractivity contribution in [1.82, 2.24) is 4.98 Å². The summed E-state index contributed by atoms with van der Waals surface area (Å²) in [7, 11) is 0. The van der Waals surface area contributed by atoms with Gasteiger partial charge in [0.05, 0.1) is 20.9 Å². The number of hydrogen-bond acceptors (Lipinski definition) is 4. The summed E-state index contributed by atoms with van der Waals surface area (Å²) in [4.78, 5) is 5.87. The number of benzene rings is 2. The molecule has 0 atom stereocenters. The van der Waals surface area contributed by atoms with E-state index in [-0.39, 0.29) is 0 Å². The minimum atomic E-state index is 1.04. The number of thioether (sulfide) groups is 1. The summed E-state index contributed by atoms with van der Waals surface area (Å²) in [6, 6.07) is 16.6. The van der Waals surface area contributed by atoms with E-state index in [0.29, 0.717) is 0 Å². The first-order chi connectivity index (χ1) is 10.4. The van der Waals surface area contributed by atoms with Crippen molar-refractivity contribution >= 4 is 45.1 Å². The number of thiazole rings is 1. The van der Waals surface area contributed by atoms with Crippen LogP contribution in [0.25, 0.3) is 16.3 Å². The van der Waals surface area contributed by atoms with Crippen molar-refractivity contribution < 1.29 is 0 Å². The van der Waals surface area contributed by atoms with Crippen molar-refractivity contribution in [3.63, 3.8) is 0 Å². The van der Waals surface area contributed by atoms with Crippen LogP contribution in [0.3, 0.4) is 0 Å². The van der Waals surface area contributed by atoms with E-state index in [1.807, 2.05) is 24.3 Å². The molecule has 0 saturated heterocycles. The van der Waals surface area contributed by atoms with Crippen LogP contribution in [0, 0.1) is 0 Å². The fraction of sp³-hybridized carbons (Fsp3) is 0. The second-order valence-electron chi connectivity index (χ2n) is 4.63. The Morgan fingerprint density at radius 2 is 1.86 bits per heavy atom. The molecule has 3 aromatic rings. The average Bonchev–Trinajstić information content (AvgIpc) is 3.09. The Morgan fingerprint density at radius 3 is 2.76 bits per heavy atom. The topological polar surface area (TPSA) is 24.9 Å². The predicted octanol–water partition coefficient (Wildman–Crippen LogP) is 5.37. The Balaban J connectivity index is 1.53. The Morgan fingerprint density at radius 1 is 1.00 bits per heavy atom. The molecule has 0 fully saturated rings. The molecule has 1 aliphatic rings. The highest BCUT2D eigenvalue weighted by Crippen LogP contribution is 2.40. The van der Waals surface area contributed by atoms with Crippen LogP contribution in [0.2, 0.25) is 0 Å². The standard InChI is InChI=1S/C17H12N2S2/c1-3-8-14-12(6-1)18-16(20-14)10-5-11-17-19-13-7-2-4-9-15(13)21-17/h1-11,18H/b11-5+,16-10+. The van der Waals surface area contributed by atoms with Crippen LogP contribution in [-0.2, 0) is 0 Å². The third-order valence-electron chi connectivity index (χ3n) is 3.16. The molecular formula is C17H12N2S2. The summed E-state index contributed by atoms with van der Waals surface area (Å²) >= 11 is 3.47. The molecular weight excluding hydrogens is 296 g/mol. The lowest BCUT2D eigenvalue weighted by Gasteiger charge is -1.95. The summed E-state index contributed by atoms with van der Waals surface area (Å²) < 4.78 is 1.23. The first-order valence-electron chi connectivity index (χ1n) is 6.66. The number of nitrogens with one attached hydrogen (secondary N) is 1. The van der Waals surface area contributed by atoms with E-state index in [9.17, 15) is 0 Å². The maximum absolute atomic E-state index is 4.59. The minimum Gasteiger partial charge on any atom is -0.349 e. The molecule has 0 amide bonds. The summed E-state index contributed by atoms with van der Waals surface area (Å²) in [5, 5.41) is 5.59. The van der Waals surface area contributed by atoms with E-state index in [2.05, 4.69) is 52.8 Å². The zero-order valence-corrected chi connectivity index (χ0v) is 12.7. The first kappa shape index (κ1) is 12.7. The molecule has 0 aliphatic carbocycles. The molecule has 2 nitrogen and oxygen atoms in total. The fourth-order valence-corrected chi connectivity index (χ4v) is 3.99. The molecule has 0 unspecified atom stereocenters. The van der Waals surface area contributed by atoms with Gasteiger partial charge >= 0.3 is 0 Å². The summed E-state index contributed by atoms with van der Waals surface area (Å²) in [5.74, 6) is 0. The van der Waals surface area contributed by atoms with Gasteiger partial charge < -0.3 is 5.32 Å². The quantitative estimate of drug-likeness (QED) is 0.689. The second kappa shape index (κ2) is 5.39. The van der Waals surface area contributed by atoms with Gasteiger partial charge in [-0.25, -0.2) is 4.98 Å². The van der Waals surface area contributed by atoms with Gasteiger partial charge in [0.15, 0.2) is 0 Å². The number of nitrogens with zero attached hydrogens (tertiary/aromatic N) is 1. The fourth-order valence-electron chi connectivity index (χ4n) is 2.19. The monoisotopic (exact) mass is 308 g/mol. The second-order valence-corrected chi connectivity index (χ2v) is 6.78. The maximum atomic E-state index is 4.59. The molecule has 1 aromatic heterocycles. The number of hydrogen-bond donors (Lipinski definition) is 1. The van der Waals surface area contributed by atoms with E-state index >= 15 is 0 Å². The van der Waals surface area contributed by atoms with Gasteiger partial charge in [-0.2, -0.15) is 0 Å². The third kappa shape index (κ3) is 2.60. The van der Waals surface area contributed by atoms with Crippen LogP contribution in [-0.4, -0.2) is 4.98 Å². The minimum absolute atomic E-state index is 1.04. The van der Waals surface area contributed by atoms with Crippen LogP contribution in [0.1, 0.15) is 5.01 Å². The van der Waals surface area contributed by atoms with Crippen molar-refractivity contribution in [2.45, 2.75) is 4.90 Å². The Labute approximate surface area is 131 Å². The number of fused-ring (bicyclic) bond motifs is 2. The lowest BCUT2D eigenvalue weighted by atomic mass is 10.3. The van der Waals surface area contributed by atoms with Crippen molar-refractivity contribution in [3.05, 3.63) is 70.7 Å². The SMILES string of the molecule is C(=C\c1nc2ccccc2s1)/C=C1\Nc2ccccc2S1. The number of aromatic nitrogens is 1. The zero-order valence-electron chi connectivity index (χ0n) is 11.1. The Kier molecular flexibility index (Phi) is 3.25. The number of allylic oxidation sites excluding steroid dienone is 2. The van der Waals surface area contributed by atoms with Crippen molar-refractivity contribution in [1.29, 1.82) is 0 Å². The molecule has 2 heterocycles. The number of rotatable bonds is 2. The first-order valence-corrected chi connectivity index (χ1v) is 8.30. The number of para-hydroxylation sites is 2. The molecule has 102 valence electrons. The largest absolute Gasteiger partial charge is 0.349 e. The van der Waals surface area contributed by atoms with Gasteiger partial charge in [-0.3, -0.25) is 0 Å². The molecule has 0 spiro atoms. The highest BCUT2D eigenvalue weighted by atomic mass is 32.2. The lowest BCUT2D eigenvalue weighted by Crippen LogP contribution is -1.86. The van der Waals surface area contributed by atoms with Gasteiger partial charge in [-0.1, -0.05) is 42.1 Å². The molecule has 0 saturated carbocycles. The van der Waals surface area contributed by atoms with Gasteiger partial charge in [-0.05, 0) is 36.4 Å². The third-order valence-corrected chi connectivity index (χ3v) is 5.20. The van der Waals surface area contributed by atoms with Crippen LogP contribution >= 0.6 is 23.1 Å². The van der Waals surface area contributed by atoms with E-state index in [4.69, 9.17) is 0 Å². The van der Waals surface area contributed by atoms with E-state index < -0.39 is 0 Å². The van der Waals surface area contributed by atoms with E-state index in [1.54, 1.807) is 23.1 Å². The van der Waals surface area contributed by atoms with Crippen LogP contribution in [0.5, 0.6) is 0 Å². The Bertz CT molecular complexity index is 802. The van der Waals surface area contributed by atoms with Gasteiger partial charge in [-0.15, -0.1) is 11.3 Å². The average molecular weight is 308 g/mol. The van der Waals surface area contributed by atoms with E-state index in [0.717, 1.165) is 15.6 Å². The van der Waals surface area contributed by atoms with Crippen LogP contribution in [0.4, 0.5) is 5.69 Å². The predicted molar refractivity (Wildman–Crippen MR) is 92.7 cm³/mol. The van der Waals surface area contributed by atoms with Crippen LogP contribution in [0.15, 0.2) is 70.6 Å². The van der Waals surface area contributed by atoms with E-state index in [1.165, 1.54) is 15.3 Å². The highest BCUT2D eigenvalue weighted by molar-refractivity contribution is 8.03. The highest BCUT2D eigenvalue weighted by Gasteiger charge is 2.13. The smallest absolute Gasteiger partial charge is 0.117 e. The van der Waals surface area contributed by atoms with Gasteiger partial charge in [0.25, 0.3) is 0 Å². The summed E-state index contributed by atoms with van der Waals surface area (Å²) in [6.45, 7) is 0. The Hall–Kier alpha value is -2.04. The van der Waals surface area contributed by atoms with Gasteiger partial charge in [0, 0.05) is 4.90 Å². The van der Waals surface area contributed by atoms with Gasteiger partial charge in [0.2, 0.25) is 0 Å². The number of anilines is 1. The van der Waals surface area contributed by atoms with Crippen molar-refractivity contribution in [2.24, 2.45) is 0 Å². The van der Waals surface area contributed by atoms with Crippen molar-refractivity contribution in [2.75, 3.05) is 5.32 Å². The maximum Gasteiger partial charge on any atom is 0.117 e. The normalized spacial score (nSPS) is 15.7. The molecule has 2 aromatic carbocycles. The molecule has 1 aliphatic heterocycles. The zero-order chi connectivity index (χ0) is 14.1. The molecule has 1 N–H and O–H groups in total. The van der Waals surface area contributed by atoms with Crippen molar-refractivity contribution in [3.8, 4) is 0 Å². The van der Waals surface area contributed by atoms with Gasteiger partial charge in [0.1, 0.15) is 5.01 Å². The molecule has 0 radical (unpaired) electrons.